The van der Waals surface area contributed by atoms with Gasteiger partial charge >= 0.3 is 0 Å². The van der Waals surface area contributed by atoms with Crippen molar-refractivity contribution in [2.45, 2.75) is 5.16 Å². The Morgan fingerprint density at radius 3 is 2.57 bits per heavy atom. The Morgan fingerprint density at radius 2 is 1.83 bits per heavy atom. The van der Waals surface area contributed by atoms with Crippen molar-refractivity contribution < 1.29 is 14.1 Å². The van der Waals surface area contributed by atoms with Gasteiger partial charge in [0, 0.05) is 11.8 Å². The number of carbonyl (C=O) groups excluding carboxylic acids is 1. The van der Waals surface area contributed by atoms with E-state index in [9.17, 15) is 14.9 Å². The summed E-state index contributed by atoms with van der Waals surface area (Å²) in [6, 6.07) is 19.0. The number of nitro groups is 1. The van der Waals surface area contributed by atoms with Gasteiger partial charge in [-0.05, 0) is 30.3 Å². The van der Waals surface area contributed by atoms with Crippen LogP contribution >= 0.6 is 11.8 Å². The number of rotatable bonds is 7. The zero-order valence-corrected chi connectivity index (χ0v) is 16.3. The Kier molecular flexibility index (Phi) is 5.57. The lowest BCUT2D eigenvalue weighted by molar-refractivity contribution is -0.383. The third-order valence-electron chi connectivity index (χ3n) is 4.10. The zero-order valence-electron chi connectivity index (χ0n) is 15.5. The highest BCUT2D eigenvalue weighted by Crippen LogP contribution is 2.29. The van der Waals surface area contributed by atoms with Crippen molar-refractivity contribution in [3.8, 4) is 17.3 Å². The minimum absolute atomic E-state index is 0.00479. The molecule has 0 saturated carbocycles. The van der Waals surface area contributed by atoms with Gasteiger partial charge in [0.15, 0.2) is 10.9 Å². The molecule has 9 nitrogen and oxygen atoms in total. The van der Waals surface area contributed by atoms with E-state index in [-0.39, 0.29) is 17.1 Å². The smallest absolute Gasteiger partial charge is 0.292 e. The van der Waals surface area contributed by atoms with Crippen LogP contribution in [0.1, 0.15) is 0 Å². The van der Waals surface area contributed by atoms with Crippen LogP contribution in [0.5, 0.6) is 0 Å². The summed E-state index contributed by atoms with van der Waals surface area (Å²) in [5, 5.41) is 22.6. The molecule has 2 heterocycles. The van der Waals surface area contributed by atoms with E-state index in [4.69, 9.17) is 4.42 Å². The number of benzene rings is 2. The second-order valence-electron chi connectivity index (χ2n) is 6.07. The number of thioether (sulfide) groups is 1. The van der Waals surface area contributed by atoms with Crippen LogP contribution < -0.4 is 5.32 Å². The van der Waals surface area contributed by atoms with Gasteiger partial charge in [-0.15, -0.1) is 10.2 Å². The lowest BCUT2D eigenvalue weighted by atomic mass is 10.2. The summed E-state index contributed by atoms with van der Waals surface area (Å²) in [6.07, 6.45) is 1.55. The number of anilines is 1. The zero-order chi connectivity index (χ0) is 20.9. The Balaban J connectivity index is 1.56. The summed E-state index contributed by atoms with van der Waals surface area (Å²) in [5.41, 5.74) is 0.799. The minimum Gasteiger partial charge on any atom is -0.461 e. The first kappa shape index (κ1) is 19.4. The minimum atomic E-state index is -0.537. The molecule has 0 saturated heterocycles. The van der Waals surface area contributed by atoms with Crippen molar-refractivity contribution >= 4 is 29.0 Å². The molecule has 4 rings (SSSR count). The molecule has 0 spiro atoms. The van der Waals surface area contributed by atoms with Gasteiger partial charge in [0.05, 0.1) is 16.9 Å². The topological polar surface area (TPSA) is 116 Å². The number of aromatic nitrogens is 3. The number of furan rings is 1. The molecule has 2 aromatic carbocycles. The van der Waals surface area contributed by atoms with E-state index < -0.39 is 10.8 Å². The maximum Gasteiger partial charge on any atom is 0.292 e. The van der Waals surface area contributed by atoms with Crippen LogP contribution in [0.4, 0.5) is 11.4 Å². The molecule has 0 unspecified atom stereocenters. The number of carbonyl (C=O) groups is 1. The average molecular weight is 421 g/mol. The number of nitrogens with one attached hydrogen (secondary N) is 1. The van der Waals surface area contributed by atoms with Crippen molar-refractivity contribution in [3.05, 3.63) is 83.1 Å². The summed E-state index contributed by atoms with van der Waals surface area (Å²) < 4.78 is 7.25. The summed E-state index contributed by atoms with van der Waals surface area (Å²) in [5.74, 6) is 0.654. The predicted octanol–water partition coefficient (Wildman–Crippen LogP) is 4.17. The number of hydrogen-bond donors (Lipinski definition) is 1. The predicted molar refractivity (Wildman–Crippen MR) is 112 cm³/mol. The van der Waals surface area contributed by atoms with Crippen LogP contribution in [0.25, 0.3) is 17.3 Å². The standard InChI is InChI=1S/C20H15N5O4S/c26-18(21-15-9-4-5-10-16(15)25(27)28)13-30-20-23-22-19(17-11-6-12-29-17)24(20)14-7-2-1-3-8-14/h1-12H,13H2,(H,21,26). The van der Waals surface area contributed by atoms with Crippen LogP contribution in [0.15, 0.2) is 82.6 Å². The molecule has 2 aromatic heterocycles. The lowest BCUT2D eigenvalue weighted by Crippen LogP contribution is -2.15. The van der Waals surface area contributed by atoms with Crippen LogP contribution in [-0.4, -0.2) is 31.3 Å². The fourth-order valence-corrected chi connectivity index (χ4v) is 3.55. The fourth-order valence-electron chi connectivity index (χ4n) is 2.79. The maximum atomic E-state index is 12.4. The van der Waals surface area contributed by atoms with Gasteiger partial charge in [0.1, 0.15) is 5.69 Å². The van der Waals surface area contributed by atoms with Crippen LogP contribution in [-0.2, 0) is 4.79 Å². The highest BCUT2D eigenvalue weighted by atomic mass is 32.2. The Bertz CT molecular complexity index is 1180. The fraction of sp³-hybridized carbons (Fsp3) is 0.0500. The SMILES string of the molecule is O=C(CSc1nnc(-c2ccco2)n1-c1ccccc1)Nc1ccccc1[N+](=O)[O-]. The second kappa shape index (κ2) is 8.62. The van der Waals surface area contributed by atoms with E-state index in [0.717, 1.165) is 5.69 Å². The van der Waals surface area contributed by atoms with Gasteiger partial charge < -0.3 is 9.73 Å². The van der Waals surface area contributed by atoms with Crippen LogP contribution in [0.2, 0.25) is 0 Å². The molecule has 0 fully saturated rings. The third-order valence-corrected chi connectivity index (χ3v) is 5.03. The van der Waals surface area contributed by atoms with Gasteiger partial charge in [-0.2, -0.15) is 0 Å². The van der Waals surface area contributed by atoms with Gasteiger partial charge in [-0.25, -0.2) is 0 Å². The molecule has 0 aliphatic rings. The molecule has 4 aromatic rings. The van der Waals surface area contributed by atoms with E-state index in [1.54, 1.807) is 35.1 Å². The van der Waals surface area contributed by atoms with Crippen molar-refractivity contribution in [2.75, 3.05) is 11.1 Å². The van der Waals surface area contributed by atoms with Crippen molar-refractivity contribution in [1.29, 1.82) is 0 Å². The highest BCUT2D eigenvalue weighted by molar-refractivity contribution is 7.99. The molecule has 150 valence electrons. The number of nitrogens with zero attached hydrogens (tertiary/aromatic N) is 4. The van der Waals surface area contributed by atoms with E-state index in [0.29, 0.717) is 16.7 Å². The van der Waals surface area contributed by atoms with Crippen molar-refractivity contribution in [3.63, 3.8) is 0 Å². The third kappa shape index (κ3) is 4.08. The van der Waals surface area contributed by atoms with Gasteiger partial charge in [-0.3, -0.25) is 19.5 Å². The van der Waals surface area contributed by atoms with Gasteiger partial charge in [0.25, 0.3) is 5.69 Å². The molecular formula is C20H15N5O4S. The monoisotopic (exact) mass is 421 g/mol. The Morgan fingerprint density at radius 1 is 1.07 bits per heavy atom. The molecule has 0 aliphatic heterocycles. The summed E-state index contributed by atoms with van der Waals surface area (Å²) in [4.78, 5) is 23.0. The lowest BCUT2D eigenvalue weighted by Gasteiger charge is -2.09. The quantitative estimate of drug-likeness (QED) is 0.270. The first-order chi connectivity index (χ1) is 14.6. The molecular weight excluding hydrogens is 406 g/mol. The molecule has 0 bridgehead atoms. The van der Waals surface area contributed by atoms with Crippen LogP contribution in [0.3, 0.4) is 0 Å². The molecule has 0 atom stereocenters. The highest BCUT2D eigenvalue weighted by Gasteiger charge is 2.20. The summed E-state index contributed by atoms with van der Waals surface area (Å²) >= 11 is 1.17. The van der Waals surface area contributed by atoms with E-state index in [2.05, 4.69) is 15.5 Å². The average Bonchev–Trinajstić information content (AvgIpc) is 3.43. The van der Waals surface area contributed by atoms with Gasteiger partial charge in [-0.1, -0.05) is 42.1 Å². The Labute approximate surface area is 174 Å². The number of para-hydroxylation sites is 3. The maximum absolute atomic E-state index is 12.4. The molecule has 0 radical (unpaired) electrons. The largest absolute Gasteiger partial charge is 0.461 e. The van der Waals surface area contributed by atoms with E-state index >= 15 is 0 Å². The van der Waals surface area contributed by atoms with Crippen molar-refractivity contribution in [1.82, 2.24) is 14.8 Å². The molecule has 1 amide bonds. The number of hydrogen-bond acceptors (Lipinski definition) is 7. The van der Waals surface area contributed by atoms with E-state index in [1.807, 2.05) is 30.3 Å². The Hall–Kier alpha value is -3.92. The summed E-state index contributed by atoms with van der Waals surface area (Å²) in [7, 11) is 0. The molecule has 0 aliphatic carbocycles. The summed E-state index contributed by atoms with van der Waals surface area (Å²) in [6.45, 7) is 0. The number of amides is 1. The van der Waals surface area contributed by atoms with Crippen LogP contribution in [0, 0.1) is 10.1 Å². The molecule has 10 heteroatoms. The second-order valence-corrected chi connectivity index (χ2v) is 7.01. The van der Waals surface area contributed by atoms with E-state index in [1.165, 1.54) is 23.9 Å². The van der Waals surface area contributed by atoms with Gasteiger partial charge in [0.2, 0.25) is 11.7 Å². The number of nitro benzene ring substituents is 1. The van der Waals surface area contributed by atoms with Crippen molar-refractivity contribution in [2.24, 2.45) is 0 Å². The normalized spacial score (nSPS) is 10.7. The first-order valence-corrected chi connectivity index (χ1v) is 9.83. The molecule has 30 heavy (non-hydrogen) atoms. The first-order valence-electron chi connectivity index (χ1n) is 8.84. The molecule has 1 N–H and O–H groups in total.